The second-order valence-corrected chi connectivity index (χ2v) is 5.20. The number of aromatic hydroxyl groups is 1. The molecular weight excluding hydrogens is 327 g/mol. The smallest absolute Gasteiger partial charge is 0.405 e. The number of benzene rings is 2. The molecule has 4 nitrogen and oxygen atoms in total. The second kappa shape index (κ2) is 6.82. The summed E-state index contributed by atoms with van der Waals surface area (Å²) < 4.78 is 36.2. The monoisotopic (exact) mass is 341 g/mol. The average Bonchev–Trinajstić information content (AvgIpc) is 2.50. The molecule has 0 saturated heterocycles. The zero-order valence-corrected chi connectivity index (χ0v) is 12.9. The van der Waals surface area contributed by atoms with Crippen molar-refractivity contribution in [2.75, 3.05) is 6.54 Å². The van der Waals surface area contributed by atoms with E-state index in [0.29, 0.717) is 16.7 Å². The van der Waals surface area contributed by atoms with Gasteiger partial charge < -0.3 is 10.4 Å². The fourth-order valence-corrected chi connectivity index (χ4v) is 2.08. The topological polar surface area (TPSA) is 56.7 Å². The third-order valence-electron chi connectivity index (χ3n) is 3.06. The number of hydrazone groups is 1. The minimum atomic E-state index is -4.36. The largest absolute Gasteiger partial charge is 0.507 e. The molecule has 0 atom stereocenters. The lowest BCUT2D eigenvalue weighted by Crippen LogP contribution is -2.38. The highest BCUT2D eigenvalue weighted by Gasteiger charge is 2.26. The van der Waals surface area contributed by atoms with Crippen LogP contribution in [-0.4, -0.2) is 28.7 Å². The highest BCUT2D eigenvalue weighted by atomic mass is 32.1. The Morgan fingerprint density at radius 1 is 1.22 bits per heavy atom. The van der Waals surface area contributed by atoms with E-state index >= 15 is 0 Å². The van der Waals surface area contributed by atoms with Gasteiger partial charge in [0.2, 0.25) is 0 Å². The zero-order chi connectivity index (χ0) is 17.0. The molecule has 0 fully saturated rings. The molecule has 0 amide bonds. The van der Waals surface area contributed by atoms with Crippen LogP contribution in [0.25, 0.3) is 10.8 Å². The van der Waals surface area contributed by atoms with Crippen molar-refractivity contribution < 1.29 is 18.3 Å². The van der Waals surface area contributed by atoms with Gasteiger partial charge >= 0.3 is 6.18 Å². The lowest BCUT2D eigenvalue weighted by Gasteiger charge is -2.11. The summed E-state index contributed by atoms with van der Waals surface area (Å²) >= 11 is 4.71. The molecule has 2 aromatic carbocycles. The number of phenols is 1. The molecule has 0 aliphatic rings. The van der Waals surface area contributed by atoms with Gasteiger partial charge in [0.25, 0.3) is 0 Å². The summed E-state index contributed by atoms with van der Waals surface area (Å²) in [5.41, 5.74) is 3.19. The predicted octanol–water partition coefficient (Wildman–Crippen LogP) is 3.30. The van der Waals surface area contributed by atoms with Gasteiger partial charge in [0.05, 0.1) is 5.71 Å². The van der Waals surface area contributed by atoms with E-state index in [9.17, 15) is 18.3 Å². The van der Waals surface area contributed by atoms with Crippen molar-refractivity contribution in [3.8, 4) is 5.75 Å². The van der Waals surface area contributed by atoms with E-state index in [4.69, 9.17) is 12.2 Å². The Morgan fingerprint density at radius 2 is 1.91 bits per heavy atom. The van der Waals surface area contributed by atoms with E-state index in [-0.39, 0.29) is 10.9 Å². The van der Waals surface area contributed by atoms with Crippen LogP contribution in [0.4, 0.5) is 13.2 Å². The Hall–Kier alpha value is -2.35. The third-order valence-corrected chi connectivity index (χ3v) is 3.30. The Kier molecular flexibility index (Phi) is 5.05. The van der Waals surface area contributed by atoms with Gasteiger partial charge in [0.1, 0.15) is 12.3 Å². The molecule has 8 heteroatoms. The summed E-state index contributed by atoms with van der Waals surface area (Å²) in [5, 5.41) is 17.5. The van der Waals surface area contributed by atoms with Crippen molar-refractivity contribution in [2.45, 2.75) is 13.1 Å². The molecule has 2 aromatic rings. The van der Waals surface area contributed by atoms with Gasteiger partial charge in [-0.2, -0.15) is 18.3 Å². The maximum atomic E-state index is 12.1. The van der Waals surface area contributed by atoms with Crippen molar-refractivity contribution >= 4 is 33.8 Å². The van der Waals surface area contributed by atoms with Crippen molar-refractivity contribution in [3.63, 3.8) is 0 Å². The first-order chi connectivity index (χ1) is 10.8. The lowest BCUT2D eigenvalue weighted by atomic mass is 10.0. The molecule has 0 unspecified atom stereocenters. The fourth-order valence-electron chi connectivity index (χ4n) is 1.96. The standard InChI is InChI=1S/C15H14F3N3OS/c1-9(20-21-14(23)19-8-15(16,17)18)11-7-6-10-4-2-3-5-12(10)13(11)22/h2-7,22H,8H2,1H3,(H2,19,21,23)/b20-9-. The second-order valence-electron chi connectivity index (χ2n) is 4.79. The number of hydrogen-bond donors (Lipinski definition) is 3. The minimum absolute atomic E-state index is 0.0559. The third kappa shape index (κ3) is 4.56. The number of halogens is 3. The maximum Gasteiger partial charge on any atom is 0.405 e. The summed E-state index contributed by atoms with van der Waals surface area (Å²) in [6.45, 7) is 0.373. The maximum absolute atomic E-state index is 12.1. The van der Waals surface area contributed by atoms with Crippen LogP contribution in [0.3, 0.4) is 0 Å². The van der Waals surface area contributed by atoms with E-state index in [1.807, 2.05) is 23.5 Å². The van der Waals surface area contributed by atoms with Gasteiger partial charge in [0, 0.05) is 10.9 Å². The summed E-state index contributed by atoms with van der Waals surface area (Å²) in [6.07, 6.45) is -4.36. The number of nitrogens with one attached hydrogen (secondary N) is 2. The number of rotatable bonds is 3. The van der Waals surface area contributed by atoms with Gasteiger partial charge in [-0.25, -0.2) is 0 Å². The number of phenolic OH excluding ortho intramolecular Hbond substituents is 1. The number of hydrogen-bond acceptors (Lipinski definition) is 3. The fraction of sp³-hybridized carbons (Fsp3) is 0.200. The van der Waals surface area contributed by atoms with E-state index in [2.05, 4.69) is 10.5 Å². The first-order valence-electron chi connectivity index (χ1n) is 6.64. The molecule has 0 bridgehead atoms. The van der Waals surface area contributed by atoms with Crippen LogP contribution in [0.2, 0.25) is 0 Å². The zero-order valence-electron chi connectivity index (χ0n) is 12.1. The molecule has 0 spiro atoms. The van der Waals surface area contributed by atoms with E-state index in [1.165, 1.54) is 0 Å². The van der Waals surface area contributed by atoms with Crippen LogP contribution in [-0.2, 0) is 0 Å². The molecule has 23 heavy (non-hydrogen) atoms. The molecule has 0 saturated carbocycles. The summed E-state index contributed by atoms with van der Waals surface area (Å²) in [4.78, 5) is 0. The molecule has 3 N–H and O–H groups in total. The Labute approximate surface area is 136 Å². The van der Waals surface area contributed by atoms with Gasteiger partial charge in [-0.15, -0.1) is 0 Å². The Morgan fingerprint density at radius 3 is 2.61 bits per heavy atom. The van der Waals surface area contributed by atoms with Crippen molar-refractivity contribution in [2.24, 2.45) is 5.10 Å². The number of thiocarbonyl (C=S) groups is 1. The molecule has 2 rings (SSSR count). The van der Waals surface area contributed by atoms with E-state index < -0.39 is 12.7 Å². The molecule has 0 heterocycles. The Bertz CT molecular complexity index is 759. The van der Waals surface area contributed by atoms with Gasteiger partial charge in [-0.3, -0.25) is 5.43 Å². The quantitative estimate of drug-likeness (QED) is 0.455. The van der Waals surface area contributed by atoms with Crippen LogP contribution in [0.1, 0.15) is 12.5 Å². The van der Waals surface area contributed by atoms with Gasteiger partial charge in [-0.05, 0) is 30.6 Å². The van der Waals surface area contributed by atoms with Crippen molar-refractivity contribution in [1.29, 1.82) is 0 Å². The van der Waals surface area contributed by atoms with Gasteiger partial charge in [-0.1, -0.05) is 30.3 Å². The minimum Gasteiger partial charge on any atom is -0.507 e. The van der Waals surface area contributed by atoms with E-state index in [0.717, 1.165) is 5.39 Å². The first kappa shape index (κ1) is 17.0. The molecule has 0 aromatic heterocycles. The summed E-state index contributed by atoms with van der Waals surface area (Å²) in [5.74, 6) is 0.0559. The molecular formula is C15H14F3N3OS. The highest BCUT2D eigenvalue weighted by molar-refractivity contribution is 7.80. The van der Waals surface area contributed by atoms with Crippen LogP contribution in [0.5, 0.6) is 5.75 Å². The van der Waals surface area contributed by atoms with Crippen molar-refractivity contribution in [1.82, 2.24) is 10.7 Å². The lowest BCUT2D eigenvalue weighted by molar-refractivity contribution is -0.122. The van der Waals surface area contributed by atoms with Gasteiger partial charge in [0.15, 0.2) is 5.11 Å². The highest BCUT2D eigenvalue weighted by Crippen LogP contribution is 2.28. The van der Waals surface area contributed by atoms with Crippen molar-refractivity contribution in [3.05, 3.63) is 42.0 Å². The number of nitrogens with zero attached hydrogens (tertiary/aromatic N) is 1. The number of alkyl halides is 3. The molecule has 0 aliphatic carbocycles. The van der Waals surface area contributed by atoms with Crippen LogP contribution >= 0.6 is 12.2 Å². The van der Waals surface area contributed by atoms with Crippen LogP contribution in [0, 0.1) is 0 Å². The molecule has 0 radical (unpaired) electrons. The molecule has 122 valence electrons. The normalized spacial score (nSPS) is 12.3. The summed E-state index contributed by atoms with van der Waals surface area (Å²) in [7, 11) is 0. The van der Waals surface area contributed by atoms with Crippen LogP contribution < -0.4 is 10.7 Å². The SMILES string of the molecule is C/C(=N/NC(=S)NCC(F)(F)F)c1ccc2ccccc2c1O. The van der Waals surface area contributed by atoms with Crippen LogP contribution in [0.15, 0.2) is 41.5 Å². The predicted molar refractivity (Wildman–Crippen MR) is 87.6 cm³/mol. The van der Waals surface area contributed by atoms with E-state index in [1.54, 1.807) is 25.1 Å². The molecule has 0 aliphatic heterocycles. The first-order valence-corrected chi connectivity index (χ1v) is 7.05. The number of fused-ring (bicyclic) bond motifs is 1. The summed E-state index contributed by atoms with van der Waals surface area (Å²) in [6, 6.07) is 10.8. The Balaban J connectivity index is 2.12. The average molecular weight is 341 g/mol.